The van der Waals surface area contributed by atoms with Crippen molar-refractivity contribution in [3.63, 3.8) is 0 Å². The summed E-state index contributed by atoms with van der Waals surface area (Å²) in [5.41, 5.74) is 3.00. The fourth-order valence-corrected chi connectivity index (χ4v) is 4.12. The van der Waals surface area contributed by atoms with Crippen molar-refractivity contribution < 1.29 is 0 Å². The third kappa shape index (κ3) is 4.57. The molecule has 1 aromatic carbocycles. The summed E-state index contributed by atoms with van der Waals surface area (Å²) in [6, 6.07) is 9.82. The maximum atomic E-state index is 3.60. The van der Waals surface area contributed by atoms with Gasteiger partial charge in [0.25, 0.3) is 0 Å². The smallest absolute Gasteiger partial charge is 0.0346 e. The Kier molecular flexibility index (Phi) is 6.76. The molecule has 0 aromatic heterocycles. The van der Waals surface area contributed by atoms with Gasteiger partial charge in [0.2, 0.25) is 0 Å². The van der Waals surface area contributed by atoms with Crippen molar-refractivity contribution in [2.45, 2.75) is 71.3 Å². The van der Waals surface area contributed by atoms with Gasteiger partial charge in [0.1, 0.15) is 0 Å². The molecule has 21 heavy (non-hydrogen) atoms. The summed E-state index contributed by atoms with van der Waals surface area (Å²) >= 11 is 0. The molecule has 0 spiro atoms. The monoisotopic (exact) mass is 287 g/mol. The molecule has 0 radical (unpaired) electrons. The second-order valence-corrected chi connectivity index (χ2v) is 6.83. The summed E-state index contributed by atoms with van der Waals surface area (Å²) in [6.45, 7) is 4.58. The maximum Gasteiger partial charge on any atom is 0.0346 e. The van der Waals surface area contributed by atoms with Gasteiger partial charge in [0.15, 0.2) is 0 Å². The molecule has 1 N–H and O–H groups in total. The molecule has 1 fully saturated rings. The second kappa shape index (κ2) is 8.58. The average molecular weight is 287 g/mol. The molecule has 1 saturated carbocycles. The summed E-state index contributed by atoms with van der Waals surface area (Å²) in [5, 5.41) is 3.60. The summed E-state index contributed by atoms with van der Waals surface area (Å²) < 4.78 is 0. The molecule has 1 nitrogen and oxygen atoms in total. The van der Waals surface area contributed by atoms with Gasteiger partial charge in [-0.25, -0.2) is 0 Å². The molecule has 0 aliphatic heterocycles. The molecule has 1 aliphatic carbocycles. The number of hydrogen-bond acceptors (Lipinski definition) is 1. The van der Waals surface area contributed by atoms with Gasteiger partial charge < -0.3 is 5.32 Å². The minimum atomic E-state index is 0.546. The number of benzene rings is 1. The quantitative estimate of drug-likeness (QED) is 0.697. The highest BCUT2D eigenvalue weighted by Gasteiger charge is 2.27. The van der Waals surface area contributed by atoms with Crippen molar-refractivity contribution in [1.82, 2.24) is 5.32 Å². The van der Waals surface area contributed by atoms with Crippen LogP contribution in [0.15, 0.2) is 24.3 Å². The molecular weight excluding hydrogens is 254 g/mol. The Morgan fingerprint density at radius 2 is 1.86 bits per heavy atom. The molecule has 1 aromatic rings. The normalized spacial score (nSPS) is 24.0. The zero-order chi connectivity index (χ0) is 15.1. The summed E-state index contributed by atoms with van der Waals surface area (Å²) in [5.74, 6) is 1.81. The third-order valence-electron chi connectivity index (χ3n) is 5.22. The van der Waals surface area contributed by atoms with Crippen LogP contribution < -0.4 is 5.32 Å². The molecular formula is C20H33N. The molecule has 0 amide bonds. The van der Waals surface area contributed by atoms with Crippen molar-refractivity contribution in [3.8, 4) is 0 Å². The minimum absolute atomic E-state index is 0.546. The topological polar surface area (TPSA) is 12.0 Å². The largest absolute Gasteiger partial charge is 0.313 e. The molecule has 1 aliphatic rings. The van der Waals surface area contributed by atoms with E-state index >= 15 is 0 Å². The Morgan fingerprint density at radius 3 is 2.48 bits per heavy atom. The van der Waals surface area contributed by atoms with Gasteiger partial charge in [-0.3, -0.25) is 0 Å². The van der Waals surface area contributed by atoms with Crippen molar-refractivity contribution in [2.24, 2.45) is 11.8 Å². The lowest BCUT2D eigenvalue weighted by atomic mass is 9.75. The first-order valence-electron chi connectivity index (χ1n) is 9.04. The minimum Gasteiger partial charge on any atom is -0.313 e. The zero-order valence-electron chi connectivity index (χ0n) is 14.2. The van der Waals surface area contributed by atoms with E-state index in [1.165, 1.54) is 62.5 Å². The van der Waals surface area contributed by atoms with Crippen molar-refractivity contribution in [3.05, 3.63) is 35.4 Å². The van der Waals surface area contributed by atoms with E-state index in [2.05, 4.69) is 50.5 Å². The first-order valence-corrected chi connectivity index (χ1v) is 9.04. The lowest BCUT2D eigenvalue weighted by Gasteiger charge is -2.34. The van der Waals surface area contributed by atoms with E-state index in [0.717, 1.165) is 11.8 Å². The number of nitrogens with one attached hydrogen (secondary N) is 1. The predicted molar refractivity (Wildman–Crippen MR) is 92.6 cm³/mol. The van der Waals surface area contributed by atoms with Gasteiger partial charge in [0.05, 0.1) is 0 Å². The van der Waals surface area contributed by atoms with Crippen molar-refractivity contribution in [1.29, 1.82) is 0 Å². The Morgan fingerprint density at radius 1 is 1.10 bits per heavy atom. The van der Waals surface area contributed by atoms with E-state index in [-0.39, 0.29) is 0 Å². The van der Waals surface area contributed by atoms with E-state index in [1.54, 1.807) is 0 Å². The van der Waals surface area contributed by atoms with Gasteiger partial charge in [-0.05, 0) is 49.3 Å². The highest BCUT2D eigenvalue weighted by Crippen LogP contribution is 2.38. The van der Waals surface area contributed by atoms with Crippen LogP contribution in [-0.4, -0.2) is 7.05 Å². The van der Waals surface area contributed by atoms with Crippen LogP contribution in [-0.2, 0) is 6.42 Å². The van der Waals surface area contributed by atoms with Gasteiger partial charge in [-0.2, -0.15) is 0 Å². The highest BCUT2D eigenvalue weighted by molar-refractivity contribution is 5.27. The molecule has 1 atom stereocenters. The van der Waals surface area contributed by atoms with Crippen LogP contribution in [0.4, 0.5) is 0 Å². The van der Waals surface area contributed by atoms with Crippen LogP contribution >= 0.6 is 0 Å². The van der Waals surface area contributed by atoms with E-state index < -0.39 is 0 Å². The van der Waals surface area contributed by atoms with Crippen LogP contribution in [0.25, 0.3) is 0 Å². The fraction of sp³-hybridized carbons (Fsp3) is 0.700. The zero-order valence-corrected chi connectivity index (χ0v) is 14.2. The van der Waals surface area contributed by atoms with Crippen LogP contribution in [0, 0.1) is 11.8 Å². The van der Waals surface area contributed by atoms with Crippen LogP contribution in [0.5, 0.6) is 0 Å². The summed E-state index contributed by atoms with van der Waals surface area (Å²) in [4.78, 5) is 0. The van der Waals surface area contributed by atoms with E-state index in [0.29, 0.717) is 6.04 Å². The Labute approximate surface area is 131 Å². The molecule has 1 heteroatoms. The number of aryl methyl sites for hydroxylation is 1. The van der Waals surface area contributed by atoms with Crippen LogP contribution in [0.1, 0.15) is 76.0 Å². The first-order chi connectivity index (χ1) is 10.3. The molecule has 1 unspecified atom stereocenters. The molecule has 0 heterocycles. The maximum absolute atomic E-state index is 3.60. The Balaban J connectivity index is 2.01. The average Bonchev–Trinajstić information content (AvgIpc) is 2.51. The first kappa shape index (κ1) is 16.5. The Hall–Kier alpha value is -0.820. The molecule has 118 valence electrons. The third-order valence-corrected chi connectivity index (χ3v) is 5.22. The van der Waals surface area contributed by atoms with E-state index in [1.807, 2.05) is 0 Å². The van der Waals surface area contributed by atoms with Gasteiger partial charge in [-0.15, -0.1) is 0 Å². The second-order valence-electron chi connectivity index (χ2n) is 6.83. The van der Waals surface area contributed by atoms with Crippen LogP contribution in [0.3, 0.4) is 0 Å². The summed E-state index contributed by atoms with van der Waals surface area (Å²) in [6.07, 6.45) is 10.9. The summed E-state index contributed by atoms with van der Waals surface area (Å²) in [7, 11) is 2.13. The fourth-order valence-electron chi connectivity index (χ4n) is 4.12. The van der Waals surface area contributed by atoms with Gasteiger partial charge in [-0.1, -0.05) is 70.2 Å². The number of hydrogen-bond donors (Lipinski definition) is 1. The van der Waals surface area contributed by atoms with Crippen molar-refractivity contribution >= 4 is 0 Å². The lowest BCUT2D eigenvalue weighted by Crippen LogP contribution is -2.28. The standard InChI is InChI=1S/C20H33N/c1-4-7-16-11-13-18(14-12-16)20(21-3)19-10-6-9-17(15-19)8-5-2/h6,9-10,15-16,18,20-21H,4-5,7-8,11-14H2,1-3H3. The van der Waals surface area contributed by atoms with E-state index in [4.69, 9.17) is 0 Å². The highest BCUT2D eigenvalue weighted by atomic mass is 14.9. The van der Waals surface area contributed by atoms with Gasteiger partial charge >= 0.3 is 0 Å². The van der Waals surface area contributed by atoms with Gasteiger partial charge in [0, 0.05) is 6.04 Å². The molecule has 2 rings (SSSR count). The number of rotatable bonds is 7. The Bertz CT molecular complexity index is 404. The molecule has 0 saturated heterocycles. The van der Waals surface area contributed by atoms with Crippen molar-refractivity contribution in [2.75, 3.05) is 7.05 Å². The molecule has 0 bridgehead atoms. The predicted octanol–water partition coefficient (Wildman–Crippen LogP) is 5.51. The lowest BCUT2D eigenvalue weighted by molar-refractivity contribution is 0.219. The van der Waals surface area contributed by atoms with E-state index in [9.17, 15) is 0 Å². The SMILES string of the molecule is CCCc1cccc(C(NC)C2CCC(CCC)CC2)c1. The van der Waals surface area contributed by atoms with Crippen LogP contribution in [0.2, 0.25) is 0 Å².